The number of hydrogen-bond acceptors (Lipinski definition) is 4. The summed E-state index contributed by atoms with van der Waals surface area (Å²) in [6.45, 7) is 2.30. The molecule has 2 rings (SSSR count). The van der Waals surface area contributed by atoms with E-state index < -0.39 is 0 Å². The van der Waals surface area contributed by atoms with Gasteiger partial charge in [0.2, 0.25) is 0 Å². The molecule has 118 valence electrons. The van der Waals surface area contributed by atoms with E-state index >= 15 is 0 Å². The van der Waals surface area contributed by atoms with E-state index in [-0.39, 0.29) is 18.3 Å². The number of rotatable bonds is 5. The van der Waals surface area contributed by atoms with E-state index in [1.807, 2.05) is 19.1 Å². The first-order valence-corrected chi connectivity index (χ1v) is 6.56. The van der Waals surface area contributed by atoms with Gasteiger partial charge in [-0.25, -0.2) is 0 Å². The predicted molar refractivity (Wildman–Crippen MR) is 86.9 cm³/mol. The molecule has 1 aromatic heterocycles. The summed E-state index contributed by atoms with van der Waals surface area (Å²) < 4.78 is 10.7. The fourth-order valence-electron chi connectivity index (χ4n) is 2.15. The average Bonchev–Trinajstić information content (AvgIpc) is 2.53. The Kier molecular flexibility index (Phi) is 6.66. The summed E-state index contributed by atoms with van der Waals surface area (Å²) in [5.74, 6) is 1.31. The number of carbonyl (C=O) groups is 1. The van der Waals surface area contributed by atoms with E-state index in [2.05, 4.69) is 10.3 Å². The minimum absolute atomic E-state index is 0. The lowest BCUT2D eigenvalue weighted by Gasteiger charge is -2.15. The number of hydrogen-bond donors (Lipinski definition) is 1. The molecule has 5 nitrogen and oxygen atoms in total. The first-order valence-electron chi connectivity index (χ1n) is 6.56. The van der Waals surface area contributed by atoms with Crippen LogP contribution in [-0.4, -0.2) is 25.1 Å². The molecule has 22 heavy (non-hydrogen) atoms. The maximum Gasteiger partial charge on any atom is 0.253 e. The number of aromatic nitrogens is 1. The third-order valence-electron chi connectivity index (χ3n) is 3.22. The molecule has 0 radical (unpaired) electrons. The lowest BCUT2D eigenvalue weighted by atomic mass is 10.1. The number of halogens is 1. The SMILES string of the molecule is COc1ccc(CNC(=O)c2cccnc2)c(OC)c1C.Cl. The molecule has 0 bridgehead atoms. The number of pyridine rings is 1. The predicted octanol–water partition coefficient (Wildman–Crippen LogP) is 2.76. The van der Waals surface area contributed by atoms with Crippen molar-refractivity contribution in [3.8, 4) is 11.5 Å². The van der Waals surface area contributed by atoms with E-state index in [9.17, 15) is 4.79 Å². The zero-order valence-corrected chi connectivity index (χ0v) is 13.6. The fraction of sp³-hybridized carbons (Fsp3) is 0.250. The lowest BCUT2D eigenvalue weighted by molar-refractivity contribution is 0.0950. The van der Waals surface area contributed by atoms with Crippen molar-refractivity contribution in [1.82, 2.24) is 10.3 Å². The Bertz CT molecular complexity index is 633. The highest BCUT2D eigenvalue weighted by molar-refractivity contribution is 5.93. The van der Waals surface area contributed by atoms with Gasteiger partial charge in [-0.1, -0.05) is 0 Å². The van der Waals surface area contributed by atoms with Crippen LogP contribution in [0.5, 0.6) is 11.5 Å². The largest absolute Gasteiger partial charge is 0.496 e. The maximum absolute atomic E-state index is 12.0. The number of ether oxygens (including phenoxy) is 2. The zero-order valence-electron chi connectivity index (χ0n) is 12.8. The highest BCUT2D eigenvalue weighted by Crippen LogP contribution is 2.31. The van der Waals surface area contributed by atoms with E-state index in [0.29, 0.717) is 12.1 Å². The van der Waals surface area contributed by atoms with Crippen molar-refractivity contribution in [2.24, 2.45) is 0 Å². The molecule has 0 aliphatic rings. The quantitative estimate of drug-likeness (QED) is 0.919. The van der Waals surface area contributed by atoms with Crippen LogP contribution < -0.4 is 14.8 Å². The average molecular weight is 323 g/mol. The summed E-state index contributed by atoms with van der Waals surface area (Å²) in [7, 11) is 3.22. The van der Waals surface area contributed by atoms with Crippen LogP contribution in [-0.2, 0) is 6.54 Å². The van der Waals surface area contributed by atoms with E-state index in [1.165, 1.54) is 6.20 Å². The maximum atomic E-state index is 12.0. The minimum atomic E-state index is -0.168. The second-order valence-corrected chi connectivity index (χ2v) is 4.51. The van der Waals surface area contributed by atoms with Gasteiger partial charge >= 0.3 is 0 Å². The van der Waals surface area contributed by atoms with Gasteiger partial charge in [0.15, 0.2) is 0 Å². The van der Waals surface area contributed by atoms with Crippen LogP contribution in [0.2, 0.25) is 0 Å². The molecule has 0 saturated heterocycles. The van der Waals surface area contributed by atoms with Crippen LogP contribution in [0.4, 0.5) is 0 Å². The van der Waals surface area contributed by atoms with Crippen molar-refractivity contribution in [3.63, 3.8) is 0 Å². The van der Waals surface area contributed by atoms with Crippen molar-refractivity contribution in [2.75, 3.05) is 14.2 Å². The van der Waals surface area contributed by atoms with Gasteiger partial charge in [-0.15, -0.1) is 12.4 Å². The Morgan fingerprint density at radius 2 is 2.00 bits per heavy atom. The molecule has 0 atom stereocenters. The standard InChI is InChI=1S/C16H18N2O3.ClH/c1-11-14(20-2)7-6-12(15(11)21-3)10-18-16(19)13-5-4-8-17-9-13;/h4-9H,10H2,1-3H3,(H,18,19);1H. The molecular formula is C16H19ClN2O3. The van der Waals surface area contributed by atoms with Crippen LogP contribution in [0.1, 0.15) is 21.5 Å². The number of carbonyl (C=O) groups excluding carboxylic acids is 1. The molecule has 2 aromatic rings. The summed E-state index contributed by atoms with van der Waals surface area (Å²) >= 11 is 0. The Labute approximate surface area is 136 Å². The van der Waals surface area contributed by atoms with E-state index in [0.717, 1.165) is 22.6 Å². The molecule has 1 amide bonds. The van der Waals surface area contributed by atoms with E-state index in [4.69, 9.17) is 9.47 Å². The molecular weight excluding hydrogens is 304 g/mol. The molecule has 0 unspecified atom stereocenters. The smallest absolute Gasteiger partial charge is 0.253 e. The van der Waals surface area contributed by atoms with Crippen LogP contribution >= 0.6 is 12.4 Å². The number of nitrogens with zero attached hydrogens (tertiary/aromatic N) is 1. The van der Waals surface area contributed by atoms with Gasteiger partial charge in [0.1, 0.15) is 11.5 Å². The number of nitrogens with one attached hydrogen (secondary N) is 1. The highest BCUT2D eigenvalue weighted by Gasteiger charge is 2.12. The van der Waals surface area contributed by atoms with Crippen LogP contribution in [0.25, 0.3) is 0 Å². The van der Waals surface area contributed by atoms with Crippen molar-refractivity contribution in [1.29, 1.82) is 0 Å². The van der Waals surface area contributed by atoms with Gasteiger partial charge in [0.25, 0.3) is 5.91 Å². The van der Waals surface area contributed by atoms with E-state index in [1.54, 1.807) is 32.5 Å². The van der Waals surface area contributed by atoms with Gasteiger partial charge in [-0.3, -0.25) is 9.78 Å². The normalized spacial score (nSPS) is 9.59. The van der Waals surface area contributed by atoms with Crippen molar-refractivity contribution >= 4 is 18.3 Å². The topological polar surface area (TPSA) is 60.5 Å². The van der Waals surface area contributed by atoms with Gasteiger partial charge in [0.05, 0.1) is 19.8 Å². The van der Waals surface area contributed by atoms with Crippen LogP contribution in [0, 0.1) is 6.92 Å². The van der Waals surface area contributed by atoms with Gasteiger partial charge in [0, 0.05) is 30.1 Å². The summed E-state index contributed by atoms with van der Waals surface area (Å²) in [5, 5.41) is 2.85. The molecule has 0 spiro atoms. The van der Waals surface area contributed by atoms with Gasteiger partial charge in [-0.2, -0.15) is 0 Å². The third-order valence-corrected chi connectivity index (χ3v) is 3.22. The molecule has 0 fully saturated rings. The van der Waals surface area contributed by atoms with Crippen molar-refractivity contribution in [3.05, 3.63) is 53.3 Å². The first-order chi connectivity index (χ1) is 10.2. The Balaban J connectivity index is 0.00000242. The first kappa shape index (κ1) is 17.8. The van der Waals surface area contributed by atoms with Crippen LogP contribution in [0.3, 0.4) is 0 Å². The third kappa shape index (κ3) is 3.89. The molecule has 1 N–H and O–H groups in total. The number of benzene rings is 1. The molecule has 1 aromatic carbocycles. The number of amides is 1. The molecule has 0 aliphatic carbocycles. The Morgan fingerprint density at radius 3 is 2.59 bits per heavy atom. The van der Waals surface area contributed by atoms with Gasteiger partial charge < -0.3 is 14.8 Å². The number of methoxy groups -OCH3 is 2. The fourth-order valence-corrected chi connectivity index (χ4v) is 2.15. The summed E-state index contributed by atoms with van der Waals surface area (Å²) in [6, 6.07) is 7.20. The highest BCUT2D eigenvalue weighted by atomic mass is 35.5. The molecule has 0 saturated carbocycles. The monoisotopic (exact) mass is 322 g/mol. The Hall–Kier alpha value is -2.27. The van der Waals surface area contributed by atoms with Crippen LogP contribution in [0.15, 0.2) is 36.7 Å². The lowest BCUT2D eigenvalue weighted by Crippen LogP contribution is -2.23. The molecule has 1 heterocycles. The minimum Gasteiger partial charge on any atom is -0.496 e. The summed E-state index contributed by atoms with van der Waals surface area (Å²) in [6.07, 6.45) is 3.17. The van der Waals surface area contributed by atoms with Gasteiger partial charge in [-0.05, 0) is 31.2 Å². The van der Waals surface area contributed by atoms with Crippen molar-refractivity contribution in [2.45, 2.75) is 13.5 Å². The molecule has 6 heteroatoms. The van der Waals surface area contributed by atoms with Crippen molar-refractivity contribution < 1.29 is 14.3 Å². The second-order valence-electron chi connectivity index (χ2n) is 4.51. The summed E-state index contributed by atoms with van der Waals surface area (Å²) in [4.78, 5) is 15.9. The zero-order chi connectivity index (χ0) is 15.2. The second kappa shape index (κ2) is 8.24. The molecule has 0 aliphatic heterocycles. The summed E-state index contributed by atoms with van der Waals surface area (Å²) in [5.41, 5.74) is 2.34. The Morgan fingerprint density at radius 1 is 1.23 bits per heavy atom.